The fourth-order valence-corrected chi connectivity index (χ4v) is 10.2. The molecule has 3 heterocycles. The molecule has 1 saturated carbocycles. The second-order valence-electron chi connectivity index (χ2n) is 14.6. The minimum absolute atomic E-state index is 0.0572. The maximum atomic E-state index is 13.5. The Bertz CT molecular complexity index is 1750. The van der Waals surface area contributed by atoms with Gasteiger partial charge in [-0.15, -0.1) is 0 Å². The van der Waals surface area contributed by atoms with Gasteiger partial charge in [-0.25, -0.2) is 18.1 Å². The van der Waals surface area contributed by atoms with Gasteiger partial charge in [-0.05, 0) is 111 Å². The number of ether oxygens (including phenoxy) is 1. The Morgan fingerprint density at radius 3 is 2.72 bits per heavy atom. The highest BCUT2D eigenvalue weighted by atomic mass is 35.5. The smallest absolute Gasteiger partial charge is 0.264 e. The first-order chi connectivity index (χ1) is 22.5. The lowest BCUT2D eigenvalue weighted by molar-refractivity contribution is -0.0993. The molecular weight excluding hydrogens is 636 g/mol. The molecule has 11 heteroatoms. The van der Waals surface area contributed by atoms with Gasteiger partial charge in [0.05, 0.1) is 36.0 Å². The highest BCUT2D eigenvalue weighted by molar-refractivity contribution is 7.90. The Hall–Kier alpha value is -3.08. The van der Waals surface area contributed by atoms with Crippen LogP contribution in [0.3, 0.4) is 0 Å². The first-order valence-corrected chi connectivity index (χ1v) is 18.9. The van der Waals surface area contributed by atoms with Crippen LogP contribution in [0.25, 0.3) is 0 Å². The number of anilines is 1. The van der Waals surface area contributed by atoms with Crippen molar-refractivity contribution in [2.45, 2.75) is 88.0 Å². The monoisotopic (exact) mass is 680 g/mol. The molecule has 3 aromatic rings. The molecule has 2 bridgehead atoms. The van der Waals surface area contributed by atoms with Crippen molar-refractivity contribution in [3.05, 3.63) is 76.8 Å². The average Bonchev–Trinajstić information content (AvgIpc) is 3.47. The van der Waals surface area contributed by atoms with E-state index in [0.717, 1.165) is 42.8 Å². The molecule has 252 valence electrons. The molecule has 2 aliphatic carbocycles. The number of halogens is 1. The van der Waals surface area contributed by atoms with E-state index in [9.17, 15) is 18.3 Å². The molecule has 4 aliphatic rings. The fourth-order valence-electron chi connectivity index (χ4n) is 8.66. The predicted molar refractivity (Wildman–Crippen MR) is 182 cm³/mol. The number of carbonyl (C=O) groups excluding carboxylic acids is 1. The third-order valence-electron chi connectivity index (χ3n) is 11.7. The first-order valence-electron chi connectivity index (χ1n) is 17.0. The van der Waals surface area contributed by atoms with Crippen molar-refractivity contribution in [1.29, 1.82) is 0 Å². The number of aromatic nitrogens is 2. The van der Waals surface area contributed by atoms with E-state index in [2.05, 4.69) is 26.7 Å². The van der Waals surface area contributed by atoms with Crippen LogP contribution >= 0.6 is 11.6 Å². The topological polar surface area (TPSA) is 114 Å². The third kappa shape index (κ3) is 6.17. The standard InChI is InChI=1S/C36H45ClN4O5S/c1-24-5-3-14-36(43,21-40-16-15-38-23-40)31-10-7-28(31)19-41-20-35(13-4-6-26-17-29(37)9-11-30(26)35)22-46-33-12-8-27(18-32(33)41)34(42)39-47(44,45)25(24)2/h8-9,11-12,15-18,23-25,28,31,43H,3-7,10,13-14,19-22H2,1-2H3,(H,39,42)/t24-,25+,28-,31+,35-,36+/m0/s1. The van der Waals surface area contributed by atoms with E-state index in [-0.39, 0.29) is 28.7 Å². The summed E-state index contributed by atoms with van der Waals surface area (Å²) in [5, 5.41) is 12.4. The molecular formula is C36H45ClN4O5S. The number of aliphatic hydroxyl groups is 1. The van der Waals surface area contributed by atoms with Gasteiger partial charge in [0.15, 0.2) is 0 Å². The maximum absolute atomic E-state index is 13.5. The van der Waals surface area contributed by atoms with Gasteiger partial charge in [-0.3, -0.25) is 4.79 Å². The van der Waals surface area contributed by atoms with E-state index in [1.807, 2.05) is 23.8 Å². The van der Waals surface area contributed by atoms with Crippen LogP contribution in [0.4, 0.5) is 5.69 Å². The molecule has 1 spiro atoms. The number of fused-ring (bicyclic) bond motifs is 4. The SMILES string of the molecule is C[C@@H]1[C@@H](C)CCC[C@@](O)(Cn2ccnc2)[C@@H]2CC[C@H]2CN2C[C@@]3(CCCc4cc(Cl)ccc43)COc3ccc(cc32)C(=O)NS1(=O)=O. The summed E-state index contributed by atoms with van der Waals surface area (Å²) in [4.78, 5) is 20.1. The Balaban J connectivity index is 1.31. The summed E-state index contributed by atoms with van der Waals surface area (Å²) in [6.45, 7) is 5.85. The molecule has 2 aromatic carbocycles. The zero-order chi connectivity index (χ0) is 33.0. The van der Waals surface area contributed by atoms with Crippen molar-refractivity contribution in [2.75, 3.05) is 24.6 Å². The van der Waals surface area contributed by atoms with E-state index in [0.29, 0.717) is 51.3 Å². The summed E-state index contributed by atoms with van der Waals surface area (Å²) in [7, 11) is -3.95. The van der Waals surface area contributed by atoms with Gasteiger partial charge in [-0.1, -0.05) is 31.0 Å². The van der Waals surface area contributed by atoms with Crippen LogP contribution < -0.4 is 14.4 Å². The van der Waals surface area contributed by atoms with Crippen LogP contribution in [-0.2, 0) is 28.4 Å². The second-order valence-corrected chi connectivity index (χ2v) is 17.1. The second kappa shape index (κ2) is 12.4. The van der Waals surface area contributed by atoms with Crippen LogP contribution in [0.1, 0.15) is 80.3 Å². The van der Waals surface area contributed by atoms with Crippen LogP contribution in [0.5, 0.6) is 5.75 Å². The number of hydrogen-bond donors (Lipinski definition) is 2. The van der Waals surface area contributed by atoms with Gasteiger partial charge in [0.25, 0.3) is 5.91 Å². The van der Waals surface area contributed by atoms with Crippen molar-refractivity contribution >= 4 is 33.2 Å². The minimum atomic E-state index is -3.95. The summed E-state index contributed by atoms with van der Waals surface area (Å²) in [6, 6.07) is 11.4. The van der Waals surface area contributed by atoms with Gasteiger partial charge >= 0.3 is 0 Å². The summed E-state index contributed by atoms with van der Waals surface area (Å²) >= 11 is 6.44. The van der Waals surface area contributed by atoms with Gasteiger partial charge < -0.3 is 19.3 Å². The normalized spacial score (nSPS) is 32.3. The number of amides is 1. The average molecular weight is 681 g/mol. The quantitative estimate of drug-likeness (QED) is 0.355. The molecule has 6 atom stereocenters. The lowest BCUT2D eigenvalue weighted by Crippen LogP contribution is -2.54. The number of hydrogen-bond acceptors (Lipinski definition) is 7. The highest BCUT2D eigenvalue weighted by Gasteiger charge is 2.49. The molecule has 7 rings (SSSR count). The minimum Gasteiger partial charge on any atom is -0.490 e. The molecule has 2 aliphatic heterocycles. The number of imidazole rings is 1. The molecule has 1 fully saturated rings. The Morgan fingerprint density at radius 2 is 1.96 bits per heavy atom. The van der Waals surface area contributed by atoms with E-state index in [1.165, 1.54) is 11.1 Å². The molecule has 9 nitrogen and oxygen atoms in total. The molecule has 1 amide bonds. The number of nitrogens with zero attached hydrogens (tertiary/aromatic N) is 3. The van der Waals surface area contributed by atoms with Crippen LogP contribution in [0.2, 0.25) is 5.02 Å². The molecule has 0 saturated heterocycles. The number of aryl methyl sites for hydroxylation is 1. The van der Waals surface area contributed by atoms with Crippen molar-refractivity contribution in [3.63, 3.8) is 0 Å². The Labute approximate surface area is 282 Å². The van der Waals surface area contributed by atoms with Crippen LogP contribution in [0, 0.1) is 17.8 Å². The third-order valence-corrected chi connectivity index (χ3v) is 13.8. The number of rotatable bonds is 2. The molecule has 47 heavy (non-hydrogen) atoms. The zero-order valence-corrected chi connectivity index (χ0v) is 28.8. The van der Waals surface area contributed by atoms with E-state index >= 15 is 0 Å². The lowest BCUT2D eigenvalue weighted by atomic mass is 9.62. The summed E-state index contributed by atoms with van der Waals surface area (Å²) < 4.78 is 37.8. The van der Waals surface area contributed by atoms with Crippen LogP contribution in [-0.4, -0.2) is 59.5 Å². The van der Waals surface area contributed by atoms with Crippen molar-refractivity contribution in [3.8, 4) is 5.75 Å². The van der Waals surface area contributed by atoms with E-state index in [1.54, 1.807) is 37.6 Å². The number of carbonyl (C=O) groups is 1. The lowest BCUT2D eigenvalue weighted by Gasteiger charge is -2.50. The fraction of sp³-hybridized carbons (Fsp3) is 0.556. The molecule has 0 unspecified atom stereocenters. The molecule has 1 aromatic heterocycles. The highest BCUT2D eigenvalue weighted by Crippen LogP contribution is 2.49. The van der Waals surface area contributed by atoms with E-state index in [4.69, 9.17) is 16.3 Å². The van der Waals surface area contributed by atoms with Gasteiger partial charge in [0.2, 0.25) is 10.0 Å². The zero-order valence-electron chi connectivity index (χ0n) is 27.2. The maximum Gasteiger partial charge on any atom is 0.264 e. The van der Waals surface area contributed by atoms with Gasteiger partial charge in [0, 0.05) is 41.5 Å². The van der Waals surface area contributed by atoms with E-state index < -0.39 is 26.8 Å². The first kappa shape index (κ1) is 32.5. The Kier molecular flexibility index (Phi) is 8.58. The number of benzene rings is 2. The van der Waals surface area contributed by atoms with Crippen molar-refractivity contribution in [2.24, 2.45) is 17.8 Å². The number of sulfonamides is 1. The predicted octanol–water partition coefficient (Wildman–Crippen LogP) is 5.74. The van der Waals surface area contributed by atoms with Gasteiger partial charge in [0.1, 0.15) is 5.75 Å². The Morgan fingerprint density at radius 1 is 1.11 bits per heavy atom. The summed E-state index contributed by atoms with van der Waals surface area (Å²) in [6.07, 6.45) is 12.1. The number of nitrogens with one attached hydrogen (secondary N) is 1. The summed E-state index contributed by atoms with van der Waals surface area (Å²) in [5.41, 5.74) is 2.29. The van der Waals surface area contributed by atoms with Gasteiger partial charge in [-0.2, -0.15) is 0 Å². The molecule has 0 radical (unpaired) electrons. The summed E-state index contributed by atoms with van der Waals surface area (Å²) in [5.74, 6) is 0.119. The molecule has 2 N–H and O–H groups in total. The van der Waals surface area contributed by atoms with Crippen LogP contribution in [0.15, 0.2) is 55.1 Å². The largest absolute Gasteiger partial charge is 0.490 e. The van der Waals surface area contributed by atoms with Crippen molar-refractivity contribution in [1.82, 2.24) is 14.3 Å². The van der Waals surface area contributed by atoms with Crippen molar-refractivity contribution < 1.29 is 23.1 Å².